The predicted molar refractivity (Wildman–Crippen MR) is 114 cm³/mol. The van der Waals surface area contributed by atoms with Crippen LogP contribution in [0.5, 0.6) is 0 Å². The van der Waals surface area contributed by atoms with Gasteiger partial charge in [-0.15, -0.1) is 0 Å². The Bertz CT molecular complexity index is 1100. The number of carbonyl (C=O) groups is 1. The molecule has 6 heteroatoms. The number of amides is 1. The van der Waals surface area contributed by atoms with Gasteiger partial charge in [-0.05, 0) is 61.2 Å². The zero-order chi connectivity index (χ0) is 20.2. The van der Waals surface area contributed by atoms with E-state index >= 15 is 0 Å². The Morgan fingerprint density at radius 2 is 2.14 bits per heavy atom. The average molecular weight is 411 g/mol. The van der Waals surface area contributed by atoms with Gasteiger partial charge in [-0.2, -0.15) is 0 Å². The first kappa shape index (κ1) is 19.7. The molecule has 3 aromatic rings. The SMILES string of the molecule is CCc1cccc(N=c2oc3ccc(Cl)cc3cc2C(=O)NC[C@@H]2CCCO2)c1. The molecule has 1 saturated heterocycles. The van der Waals surface area contributed by atoms with Crippen molar-refractivity contribution in [3.63, 3.8) is 0 Å². The molecule has 0 spiro atoms. The van der Waals surface area contributed by atoms with Crippen LogP contribution in [-0.4, -0.2) is 25.2 Å². The number of carbonyl (C=O) groups excluding carboxylic acids is 1. The molecule has 5 nitrogen and oxygen atoms in total. The van der Waals surface area contributed by atoms with E-state index in [1.165, 1.54) is 5.56 Å². The minimum atomic E-state index is -0.239. The van der Waals surface area contributed by atoms with Crippen molar-refractivity contribution in [1.82, 2.24) is 5.32 Å². The first-order valence-corrected chi connectivity index (χ1v) is 10.3. The molecule has 1 aliphatic rings. The summed E-state index contributed by atoms with van der Waals surface area (Å²) in [6, 6.07) is 15.0. The summed E-state index contributed by atoms with van der Waals surface area (Å²) in [7, 11) is 0. The van der Waals surface area contributed by atoms with Crippen LogP contribution in [0, 0.1) is 0 Å². The monoisotopic (exact) mass is 410 g/mol. The van der Waals surface area contributed by atoms with Crippen molar-refractivity contribution in [3.8, 4) is 0 Å². The van der Waals surface area contributed by atoms with Gasteiger partial charge >= 0.3 is 0 Å². The Morgan fingerprint density at radius 1 is 1.24 bits per heavy atom. The number of hydrogen-bond acceptors (Lipinski definition) is 4. The second kappa shape index (κ2) is 8.80. The highest BCUT2D eigenvalue weighted by atomic mass is 35.5. The quantitative estimate of drug-likeness (QED) is 0.657. The molecule has 2 heterocycles. The first-order valence-electron chi connectivity index (χ1n) is 9.89. The number of ether oxygens (including phenoxy) is 1. The molecule has 1 aromatic heterocycles. The highest BCUT2D eigenvalue weighted by Crippen LogP contribution is 2.20. The van der Waals surface area contributed by atoms with Crippen molar-refractivity contribution in [2.45, 2.75) is 32.3 Å². The van der Waals surface area contributed by atoms with Gasteiger partial charge < -0.3 is 14.5 Å². The third-order valence-corrected chi connectivity index (χ3v) is 5.25. The second-order valence-corrected chi connectivity index (χ2v) is 7.56. The maximum Gasteiger partial charge on any atom is 0.256 e. The molecule has 150 valence electrons. The molecule has 4 rings (SSSR count). The van der Waals surface area contributed by atoms with Gasteiger partial charge in [-0.3, -0.25) is 4.79 Å². The molecule has 1 atom stereocenters. The Morgan fingerprint density at radius 3 is 2.93 bits per heavy atom. The van der Waals surface area contributed by atoms with Crippen LogP contribution in [0.1, 0.15) is 35.7 Å². The number of benzene rings is 2. The Hall–Kier alpha value is -2.63. The molecule has 1 N–H and O–H groups in total. The number of aryl methyl sites for hydroxylation is 1. The lowest BCUT2D eigenvalue weighted by molar-refractivity contribution is 0.0854. The van der Waals surface area contributed by atoms with Crippen molar-refractivity contribution >= 4 is 34.2 Å². The topological polar surface area (TPSA) is 63.8 Å². The fourth-order valence-electron chi connectivity index (χ4n) is 3.42. The zero-order valence-electron chi connectivity index (χ0n) is 16.3. The van der Waals surface area contributed by atoms with E-state index in [0.717, 1.165) is 36.9 Å². The third-order valence-electron chi connectivity index (χ3n) is 5.02. The molecule has 0 aliphatic carbocycles. The van der Waals surface area contributed by atoms with Gasteiger partial charge in [-0.25, -0.2) is 4.99 Å². The minimum absolute atomic E-state index is 0.0624. The van der Waals surface area contributed by atoms with E-state index in [4.69, 9.17) is 20.8 Å². The molecule has 1 aliphatic heterocycles. The Labute approximate surface area is 174 Å². The molecule has 0 bridgehead atoms. The second-order valence-electron chi connectivity index (χ2n) is 7.13. The summed E-state index contributed by atoms with van der Waals surface area (Å²) >= 11 is 6.12. The molecule has 0 unspecified atom stereocenters. The summed E-state index contributed by atoms with van der Waals surface area (Å²) in [5, 5.41) is 4.29. The lowest BCUT2D eigenvalue weighted by atomic mass is 10.1. The van der Waals surface area contributed by atoms with Crippen LogP contribution < -0.4 is 10.9 Å². The third kappa shape index (κ3) is 4.69. The number of halogens is 1. The van der Waals surface area contributed by atoms with E-state index < -0.39 is 0 Å². The van der Waals surface area contributed by atoms with Gasteiger partial charge in [0.1, 0.15) is 11.1 Å². The van der Waals surface area contributed by atoms with Crippen LogP contribution in [0.25, 0.3) is 11.0 Å². The minimum Gasteiger partial charge on any atom is -0.438 e. The smallest absolute Gasteiger partial charge is 0.256 e. The molecule has 1 amide bonds. The van der Waals surface area contributed by atoms with Crippen molar-refractivity contribution in [2.24, 2.45) is 4.99 Å². The molecular formula is C23H23ClN2O3. The van der Waals surface area contributed by atoms with Gasteiger partial charge in [-0.1, -0.05) is 30.7 Å². The highest BCUT2D eigenvalue weighted by molar-refractivity contribution is 6.31. The summed E-state index contributed by atoms with van der Waals surface area (Å²) in [6.07, 6.45) is 2.95. The molecule has 1 fully saturated rings. The van der Waals surface area contributed by atoms with Gasteiger partial charge in [0.25, 0.3) is 5.91 Å². The van der Waals surface area contributed by atoms with E-state index in [-0.39, 0.29) is 17.6 Å². The molecule has 0 saturated carbocycles. The van der Waals surface area contributed by atoms with Crippen LogP contribution in [0.2, 0.25) is 5.02 Å². The van der Waals surface area contributed by atoms with E-state index in [2.05, 4.69) is 17.2 Å². The number of nitrogens with one attached hydrogen (secondary N) is 1. The van der Waals surface area contributed by atoms with Gasteiger partial charge in [0, 0.05) is 23.6 Å². The van der Waals surface area contributed by atoms with E-state index in [1.54, 1.807) is 24.3 Å². The van der Waals surface area contributed by atoms with Crippen LogP contribution in [0.3, 0.4) is 0 Å². The van der Waals surface area contributed by atoms with E-state index in [9.17, 15) is 4.79 Å². The fourth-order valence-corrected chi connectivity index (χ4v) is 3.60. The number of nitrogens with zero attached hydrogens (tertiary/aromatic N) is 1. The van der Waals surface area contributed by atoms with Crippen molar-refractivity contribution in [3.05, 3.63) is 70.2 Å². The number of rotatable bonds is 5. The largest absolute Gasteiger partial charge is 0.438 e. The maximum absolute atomic E-state index is 12.9. The Kier molecular flexibility index (Phi) is 5.97. The molecular weight excluding hydrogens is 388 g/mol. The average Bonchev–Trinajstić information content (AvgIpc) is 3.25. The lowest BCUT2D eigenvalue weighted by Gasteiger charge is -2.11. The van der Waals surface area contributed by atoms with Gasteiger partial charge in [0.15, 0.2) is 0 Å². The van der Waals surface area contributed by atoms with Crippen LogP contribution in [0.4, 0.5) is 5.69 Å². The number of fused-ring (bicyclic) bond motifs is 1. The summed E-state index contributed by atoms with van der Waals surface area (Å²) in [6.45, 7) is 3.31. The standard InChI is InChI=1S/C23H23ClN2O3/c1-2-15-5-3-6-18(11-15)26-23-20(22(27)25-14-19-7-4-10-28-19)13-16-12-17(24)8-9-21(16)29-23/h3,5-6,8-9,11-13,19H,2,4,7,10,14H2,1H3,(H,25,27)/t19-/m0/s1. The maximum atomic E-state index is 12.9. The Balaban J connectivity index is 1.75. The van der Waals surface area contributed by atoms with E-state index in [1.807, 2.05) is 24.3 Å². The number of hydrogen-bond donors (Lipinski definition) is 1. The van der Waals surface area contributed by atoms with Crippen LogP contribution in [0.15, 0.2) is 57.9 Å². The molecule has 0 radical (unpaired) electrons. The summed E-state index contributed by atoms with van der Waals surface area (Å²) in [4.78, 5) is 17.6. The normalized spacial score (nSPS) is 17.0. The first-order chi connectivity index (χ1) is 14.1. The van der Waals surface area contributed by atoms with Crippen molar-refractivity contribution < 1.29 is 13.9 Å². The fraction of sp³-hybridized carbons (Fsp3) is 0.304. The van der Waals surface area contributed by atoms with Gasteiger partial charge in [0.05, 0.1) is 11.8 Å². The van der Waals surface area contributed by atoms with Crippen LogP contribution >= 0.6 is 11.6 Å². The van der Waals surface area contributed by atoms with Crippen molar-refractivity contribution in [1.29, 1.82) is 0 Å². The van der Waals surface area contributed by atoms with Crippen LogP contribution in [-0.2, 0) is 11.2 Å². The lowest BCUT2D eigenvalue weighted by Crippen LogP contribution is -2.34. The predicted octanol–water partition coefficient (Wildman–Crippen LogP) is 4.79. The molecule has 29 heavy (non-hydrogen) atoms. The van der Waals surface area contributed by atoms with Crippen molar-refractivity contribution in [2.75, 3.05) is 13.2 Å². The van der Waals surface area contributed by atoms with Gasteiger partial charge in [0.2, 0.25) is 5.55 Å². The highest BCUT2D eigenvalue weighted by Gasteiger charge is 2.18. The summed E-state index contributed by atoms with van der Waals surface area (Å²) in [5.41, 5.74) is 3.19. The summed E-state index contributed by atoms with van der Waals surface area (Å²) in [5.74, 6) is -0.239. The van der Waals surface area contributed by atoms with E-state index in [0.29, 0.717) is 22.7 Å². The zero-order valence-corrected chi connectivity index (χ0v) is 17.0. The summed E-state index contributed by atoms with van der Waals surface area (Å²) < 4.78 is 11.6. The molecule has 2 aromatic carbocycles.